The number of amides is 2. The summed E-state index contributed by atoms with van der Waals surface area (Å²) in [7, 11) is 0. The Morgan fingerprint density at radius 2 is 1.48 bits per heavy atom. The number of carbonyl (C=O) groups excluding carboxylic acids is 2. The minimum atomic E-state index is -0.575. The molecule has 0 spiro atoms. The van der Waals surface area contributed by atoms with Crippen molar-refractivity contribution in [2.45, 2.75) is 6.92 Å². The number of benzene rings is 3. The molecular weight excluding hydrogens is 345 g/mol. The zero-order chi connectivity index (χ0) is 19.2. The first-order valence-corrected chi connectivity index (χ1v) is 8.32. The third kappa shape index (κ3) is 4.70. The number of carbonyl (C=O) groups is 2. The predicted octanol–water partition coefficient (Wildman–Crippen LogP) is 4.78. The fraction of sp³-hybridized carbons (Fsp3) is 0.0476. The first-order valence-electron chi connectivity index (χ1n) is 8.32. The van der Waals surface area contributed by atoms with Crippen LogP contribution in [-0.2, 0) is 4.79 Å². The van der Waals surface area contributed by atoms with Gasteiger partial charge in [-0.25, -0.2) is 4.39 Å². The summed E-state index contributed by atoms with van der Waals surface area (Å²) in [5.74, 6) is -1.32. The molecule has 3 aromatic carbocycles. The number of anilines is 4. The van der Waals surface area contributed by atoms with Crippen molar-refractivity contribution < 1.29 is 14.0 Å². The van der Waals surface area contributed by atoms with Gasteiger partial charge < -0.3 is 16.0 Å². The summed E-state index contributed by atoms with van der Waals surface area (Å²) < 4.78 is 13.8. The molecule has 3 N–H and O–H groups in total. The third-order valence-corrected chi connectivity index (χ3v) is 3.76. The number of halogens is 1. The summed E-state index contributed by atoms with van der Waals surface area (Å²) in [5, 5.41) is 8.33. The summed E-state index contributed by atoms with van der Waals surface area (Å²) in [6.07, 6.45) is 0. The highest BCUT2D eigenvalue weighted by atomic mass is 19.1. The summed E-state index contributed by atoms with van der Waals surface area (Å²) >= 11 is 0. The number of para-hydroxylation sites is 2. The van der Waals surface area contributed by atoms with Crippen molar-refractivity contribution in [1.82, 2.24) is 0 Å². The van der Waals surface area contributed by atoms with Crippen LogP contribution in [0.1, 0.15) is 17.3 Å². The Morgan fingerprint density at radius 1 is 0.778 bits per heavy atom. The highest BCUT2D eigenvalue weighted by Gasteiger charge is 2.13. The van der Waals surface area contributed by atoms with Gasteiger partial charge in [0.25, 0.3) is 5.91 Å². The summed E-state index contributed by atoms with van der Waals surface area (Å²) in [4.78, 5) is 23.9. The van der Waals surface area contributed by atoms with Gasteiger partial charge in [-0.2, -0.15) is 0 Å². The van der Waals surface area contributed by atoms with Crippen LogP contribution in [0.25, 0.3) is 0 Å². The maximum atomic E-state index is 13.8. The summed E-state index contributed by atoms with van der Waals surface area (Å²) in [6.45, 7) is 1.29. The van der Waals surface area contributed by atoms with Crippen molar-refractivity contribution in [3.05, 3.63) is 84.2 Å². The van der Waals surface area contributed by atoms with Gasteiger partial charge in [0.15, 0.2) is 0 Å². The largest absolute Gasteiger partial charge is 0.355 e. The molecule has 0 unspecified atom stereocenters. The molecule has 0 aliphatic heterocycles. The Hall–Kier alpha value is -3.67. The van der Waals surface area contributed by atoms with E-state index in [0.717, 1.165) is 5.69 Å². The molecule has 6 heteroatoms. The first kappa shape index (κ1) is 18.1. The van der Waals surface area contributed by atoms with Crippen LogP contribution >= 0.6 is 0 Å². The quantitative estimate of drug-likeness (QED) is 0.611. The standard InChI is InChI=1S/C21H18FN3O2/c1-14(26)23-20-13-16(11-12-18(20)22)25-21(27)17-9-5-6-10-19(17)24-15-7-3-2-4-8-15/h2-13,24H,1H3,(H,23,26)(H,25,27). The monoisotopic (exact) mass is 363 g/mol. The minimum Gasteiger partial charge on any atom is -0.355 e. The average Bonchev–Trinajstić information content (AvgIpc) is 2.65. The van der Waals surface area contributed by atoms with Crippen molar-refractivity contribution in [3.8, 4) is 0 Å². The van der Waals surface area contributed by atoms with Gasteiger partial charge in [0.1, 0.15) is 5.82 Å². The maximum absolute atomic E-state index is 13.8. The zero-order valence-corrected chi connectivity index (χ0v) is 14.6. The van der Waals surface area contributed by atoms with Crippen molar-refractivity contribution >= 4 is 34.6 Å². The molecule has 0 radical (unpaired) electrons. The Labute approximate surface area is 156 Å². The van der Waals surface area contributed by atoms with Gasteiger partial charge >= 0.3 is 0 Å². The Balaban J connectivity index is 1.82. The number of rotatable bonds is 5. The molecular formula is C21H18FN3O2. The lowest BCUT2D eigenvalue weighted by atomic mass is 10.1. The van der Waals surface area contributed by atoms with E-state index < -0.39 is 11.7 Å². The van der Waals surface area contributed by atoms with Crippen LogP contribution in [0, 0.1) is 5.82 Å². The van der Waals surface area contributed by atoms with E-state index in [1.54, 1.807) is 18.2 Å². The maximum Gasteiger partial charge on any atom is 0.257 e. The predicted molar refractivity (Wildman–Crippen MR) is 105 cm³/mol. The minimum absolute atomic E-state index is 0.0102. The summed E-state index contributed by atoms with van der Waals surface area (Å²) in [6, 6.07) is 20.6. The van der Waals surface area contributed by atoms with Gasteiger partial charge in [0.05, 0.1) is 16.9 Å². The van der Waals surface area contributed by atoms with Crippen molar-refractivity contribution in [2.75, 3.05) is 16.0 Å². The highest BCUT2D eigenvalue weighted by Crippen LogP contribution is 2.24. The number of hydrogen-bond acceptors (Lipinski definition) is 3. The lowest BCUT2D eigenvalue weighted by Crippen LogP contribution is -2.14. The molecule has 0 bridgehead atoms. The Bertz CT molecular complexity index is 974. The molecule has 0 saturated carbocycles. The van der Waals surface area contributed by atoms with Crippen molar-refractivity contribution in [2.24, 2.45) is 0 Å². The van der Waals surface area contributed by atoms with E-state index in [2.05, 4.69) is 16.0 Å². The average molecular weight is 363 g/mol. The molecule has 0 saturated heterocycles. The number of nitrogens with one attached hydrogen (secondary N) is 3. The molecule has 3 rings (SSSR count). The van der Waals surface area contributed by atoms with Crippen LogP contribution < -0.4 is 16.0 Å². The molecule has 2 amide bonds. The molecule has 0 aliphatic rings. The van der Waals surface area contributed by atoms with E-state index in [9.17, 15) is 14.0 Å². The van der Waals surface area contributed by atoms with Gasteiger partial charge in [-0.15, -0.1) is 0 Å². The third-order valence-electron chi connectivity index (χ3n) is 3.76. The molecule has 5 nitrogen and oxygen atoms in total. The molecule has 3 aromatic rings. The first-order chi connectivity index (χ1) is 13.0. The SMILES string of the molecule is CC(=O)Nc1cc(NC(=O)c2ccccc2Nc2ccccc2)ccc1F. The topological polar surface area (TPSA) is 70.2 Å². The van der Waals surface area contributed by atoms with Crippen LogP contribution in [0.3, 0.4) is 0 Å². The Morgan fingerprint density at radius 3 is 2.22 bits per heavy atom. The smallest absolute Gasteiger partial charge is 0.257 e. The molecule has 0 atom stereocenters. The van der Waals surface area contributed by atoms with E-state index in [1.165, 1.54) is 25.1 Å². The molecule has 136 valence electrons. The number of hydrogen-bond donors (Lipinski definition) is 3. The second-order valence-electron chi connectivity index (χ2n) is 5.87. The van der Waals surface area contributed by atoms with Crippen LogP contribution in [0.4, 0.5) is 27.1 Å². The van der Waals surface area contributed by atoms with E-state index in [4.69, 9.17) is 0 Å². The fourth-order valence-electron chi connectivity index (χ4n) is 2.55. The lowest BCUT2D eigenvalue weighted by Gasteiger charge is -2.13. The highest BCUT2D eigenvalue weighted by molar-refractivity contribution is 6.08. The second-order valence-corrected chi connectivity index (χ2v) is 5.87. The van der Waals surface area contributed by atoms with Crippen LogP contribution in [0.5, 0.6) is 0 Å². The van der Waals surface area contributed by atoms with Gasteiger partial charge in [-0.1, -0.05) is 30.3 Å². The Kier molecular flexibility index (Phi) is 5.47. The molecule has 0 aromatic heterocycles. The van der Waals surface area contributed by atoms with E-state index in [0.29, 0.717) is 16.9 Å². The van der Waals surface area contributed by atoms with E-state index in [1.807, 2.05) is 36.4 Å². The van der Waals surface area contributed by atoms with Crippen LogP contribution in [-0.4, -0.2) is 11.8 Å². The second kappa shape index (κ2) is 8.14. The lowest BCUT2D eigenvalue weighted by molar-refractivity contribution is -0.114. The summed E-state index contributed by atoms with van der Waals surface area (Å²) in [5.41, 5.74) is 2.32. The van der Waals surface area contributed by atoms with Crippen LogP contribution in [0.2, 0.25) is 0 Å². The molecule has 0 fully saturated rings. The van der Waals surface area contributed by atoms with Gasteiger partial charge in [0, 0.05) is 18.3 Å². The van der Waals surface area contributed by atoms with E-state index in [-0.39, 0.29) is 11.6 Å². The fourth-order valence-corrected chi connectivity index (χ4v) is 2.55. The van der Waals surface area contributed by atoms with E-state index >= 15 is 0 Å². The van der Waals surface area contributed by atoms with Crippen LogP contribution in [0.15, 0.2) is 72.8 Å². The molecule has 0 heterocycles. The molecule has 0 aliphatic carbocycles. The van der Waals surface area contributed by atoms with Crippen molar-refractivity contribution in [3.63, 3.8) is 0 Å². The van der Waals surface area contributed by atoms with Gasteiger partial charge in [0.2, 0.25) is 5.91 Å². The molecule has 27 heavy (non-hydrogen) atoms. The van der Waals surface area contributed by atoms with Gasteiger partial charge in [-0.3, -0.25) is 9.59 Å². The van der Waals surface area contributed by atoms with Gasteiger partial charge in [-0.05, 0) is 42.5 Å². The normalized spacial score (nSPS) is 10.1. The van der Waals surface area contributed by atoms with Crippen molar-refractivity contribution in [1.29, 1.82) is 0 Å². The zero-order valence-electron chi connectivity index (χ0n) is 14.6.